The third-order valence-electron chi connectivity index (χ3n) is 6.38. The number of ether oxygens (including phenoxy) is 2. The van der Waals surface area contributed by atoms with Crippen molar-refractivity contribution in [1.29, 1.82) is 0 Å². The largest absolute Gasteiger partial charge is 0.490 e. The number of carbonyl (C=O) groups excluding carboxylic acids is 1. The van der Waals surface area contributed by atoms with Crippen LogP contribution in [0.2, 0.25) is 0 Å². The van der Waals surface area contributed by atoms with Crippen LogP contribution < -0.4 is 14.8 Å². The minimum Gasteiger partial charge on any atom is -0.490 e. The molecule has 0 spiro atoms. The lowest BCUT2D eigenvalue weighted by Gasteiger charge is -2.23. The zero-order valence-corrected chi connectivity index (χ0v) is 17.2. The van der Waals surface area contributed by atoms with E-state index in [4.69, 9.17) is 9.47 Å². The highest BCUT2D eigenvalue weighted by Gasteiger charge is 2.33. The van der Waals surface area contributed by atoms with Gasteiger partial charge in [-0.3, -0.25) is 4.79 Å². The van der Waals surface area contributed by atoms with E-state index in [2.05, 4.69) is 35.6 Å². The summed E-state index contributed by atoms with van der Waals surface area (Å²) in [6.45, 7) is 2.11. The molecule has 0 amide bonds. The molecule has 0 bridgehead atoms. The highest BCUT2D eigenvalue weighted by atomic mass is 16.5. The summed E-state index contributed by atoms with van der Waals surface area (Å²) in [7, 11) is 0. The maximum absolute atomic E-state index is 13.6. The molecule has 1 N–H and O–H groups in total. The van der Waals surface area contributed by atoms with Crippen LogP contribution in [0.4, 0.5) is 0 Å². The number of carbonyl (C=O) groups is 1. The molecular formula is C27H23NO3. The van der Waals surface area contributed by atoms with Gasteiger partial charge in [-0.1, -0.05) is 48.5 Å². The monoisotopic (exact) mass is 409 g/mol. The van der Waals surface area contributed by atoms with E-state index in [1.54, 1.807) is 6.08 Å². The van der Waals surface area contributed by atoms with Crippen LogP contribution in [-0.2, 0) is 11.2 Å². The molecule has 154 valence electrons. The molecule has 0 aromatic heterocycles. The van der Waals surface area contributed by atoms with E-state index in [0.717, 1.165) is 64.4 Å². The highest BCUT2D eigenvalue weighted by Crippen LogP contribution is 2.45. The Morgan fingerprint density at radius 2 is 1.52 bits per heavy atom. The van der Waals surface area contributed by atoms with Crippen LogP contribution in [0.25, 0.3) is 16.8 Å². The molecule has 0 atom stereocenters. The van der Waals surface area contributed by atoms with Crippen molar-refractivity contribution < 1.29 is 14.3 Å². The fraction of sp³-hybridized carbons (Fsp3) is 0.222. The number of rotatable bonds is 2. The van der Waals surface area contributed by atoms with Crippen molar-refractivity contribution in [2.24, 2.45) is 0 Å². The van der Waals surface area contributed by atoms with Gasteiger partial charge in [-0.15, -0.1) is 0 Å². The molecule has 1 aliphatic carbocycles. The number of benzene rings is 3. The SMILES string of the molecule is O=C(/C=C1\NCCc2cc3c(cc21)OCCCO3)C1c2ccccc2-c2ccccc21. The Labute approximate surface area is 181 Å². The van der Waals surface area contributed by atoms with Crippen LogP contribution in [0.5, 0.6) is 11.5 Å². The fourth-order valence-electron chi connectivity index (χ4n) is 4.95. The number of ketones is 1. The Morgan fingerprint density at radius 1 is 0.871 bits per heavy atom. The van der Waals surface area contributed by atoms with Gasteiger partial charge in [-0.25, -0.2) is 0 Å². The van der Waals surface area contributed by atoms with Crippen LogP contribution in [-0.4, -0.2) is 25.5 Å². The standard InChI is InChI=1S/C27H23NO3/c29-24(27-20-8-3-1-6-18(20)19-7-2-4-9-21(19)27)16-23-22-15-26-25(30-12-5-13-31-26)14-17(22)10-11-28-23/h1-4,6-9,14-16,27-28H,5,10-13H2/b23-16-. The summed E-state index contributed by atoms with van der Waals surface area (Å²) in [5, 5.41) is 3.44. The topological polar surface area (TPSA) is 47.6 Å². The van der Waals surface area contributed by atoms with Crippen LogP contribution in [0.15, 0.2) is 66.7 Å². The van der Waals surface area contributed by atoms with Crippen LogP contribution >= 0.6 is 0 Å². The predicted molar refractivity (Wildman–Crippen MR) is 120 cm³/mol. The quantitative estimate of drug-likeness (QED) is 0.623. The van der Waals surface area contributed by atoms with Crippen LogP contribution in [0.1, 0.15) is 34.6 Å². The lowest BCUT2D eigenvalue weighted by Crippen LogP contribution is -2.24. The molecule has 3 aromatic rings. The van der Waals surface area contributed by atoms with Gasteiger partial charge in [0.05, 0.1) is 19.1 Å². The van der Waals surface area contributed by atoms with Crippen molar-refractivity contribution in [2.75, 3.05) is 19.8 Å². The minimum atomic E-state index is -0.271. The summed E-state index contributed by atoms with van der Waals surface area (Å²) in [5.74, 6) is 1.39. The minimum absolute atomic E-state index is 0.0971. The average Bonchev–Trinajstić information content (AvgIpc) is 2.96. The Balaban J connectivity index is 1.42. The van der Waals surface area contributed by atoms with Crippen LogP contribution in [0.3, 0.4) is 0 Å². The first-order chi connectivity index (χ1) is 15.3. The molecular weight excluding hydrogens is 386 g/mol. The third-order valence-corrected chi connectivity index (χ3v) is 6.38. The summed E-state index contributed by atoms with van der Waals surface area (Å²) in [6, 6.07) is 20.6. The second-order valence-corrected chi connectivity index (χ2v) is 8.25. The van der Waals surface area contributed by atoms with E-state index < -0.39 is 0 Å². The highest BCUT2D eigenvalue weighted by molar-refractivity contribution is 6.07. The Kier molecular flexibility index (Phi) is 4.30. The summed E-state index contributed by atoms with van der Waals surface area (Å²) >= 11 is 0. The second-order valence-electron chi connectivity index (χ2n) is 8.25. The van der Waals surface area contributed by atoms with Gasteiger partial charge in [0.25, 0.3) is 0 Å². The van der Waals surface area contributed by atoms with Gasteiger partial charge in [0.2, 0.25) is 0 Å². The molecule has 4 heteroatoms. The molecule has 0 unspecified atom stereocenters. The number of fused-ring (bicyclic) bond motifs is 5. The molecule has 3 aliphatic rings. The van der Waals surface area contributed by atoms with Crippen molar-refractivity contribution in [2.45, 2.75) is 18.8 Å². The Hall–Kier alpha value is -3.53. The van der Waals surface area contributed by atoms with Gasteiger partial charge in [0, 0.05) is 30.3 Å². The van der Waals surface area contributed by atoms with E-state index in [0.29, 0.717) is 13.2 Å². The number of allylic oxidation sites excluding steroid dienone is 1. The smallest absolute Gasteiger partial charge is 0.169 e. The summed E-state index contributed by atoms with van der Waals surface area (Å²) in [4.78, 5) is 13.6. The summed E-state index contributed by atoms with van der Waals surface area (Å²) in [6.07, 6.45) is 3.55. The first kappa shape index (κ1) is 18.3. The van der Waals surface area contributed by atoms with Crippen molar-refractivity contribution in [3.05, 3.63) is 89.0 Å². The van der Waals surface area contributed by atoms with E-state index in [-0.39, 0.29) is 11.7 Å². The normalized spacial score (nSPS) is 17.9. The van der Waals surface area contributed by atoms with Gasteiger partial charge in [-0.05, 0) is 46.4 Å². The lowest BCUT2D eigenvalue weighted by molar-refractivity contribution is -0.115. The van der Waals surface area contributed by atoms with Crippen molar-refractivity contribution in [3.8, 4) is 22.6 Å². The maximum atomic E-state index is 13.6. The zero-order chi connectivity index (χ0) is 20.8. The van der Waals surface area contributed by atoms with Gasteiger partial charge in [0.15, 0.2) is 17.3 Å². The molecule has 2 heterocycles. The predicted octanol–water partition coefficient (Wildman–Crippen LogP) is 4.72. The Morgan fingerprint density at radius 3 is 2.23 bits per heavy atom. The van der Waals surface area contributed by atoms with E-state index in [1.165, 1.54) is 5.56 Å². The van der Waals surface area contributed by atoms with Crippen molar-refractivity contribution in [1.82, 2.24) is 5.32 Å². The lowest BCUT2D eigenvalue weighted by atomic mass is 9.90. The number of hydrogen-bond donors (Lipinski definition) is 1. The first-order valence-electron chi connectivity index (χ1n) is 10.9. The Bertz CT molecular complexity index is 1180. The van der Waals surface area contributed by atoms with Crippen molar-refractivity contribution >= 4 is 11.5 Å². The summed E-state index contributed by atoms with van der Waals surface area (Å²) < 4.78 is 11.8. The van der Waals surface area contributed by atoms with Gasteiger partial charge in [-0.2, -0.15) is 0 Å². The van der Waals surface area contributed by atoms with Gasteiger partial charge in [0.1, 0.15) is 0 Å². The summed E-state index contributed by atoms with van der Waals surface area (Å²) in [5.41, 5.74) is 7.56. The molecule has 31 heavy (non-hydrogen) atoms. The van der Waals surface area contributed by atoms with Crippen LogP contribution in [0, 0.1) is 0 Å². The molecule has 2 aliphatic heterocycles. The molecule has 0 fully saturated rings. The van der Waals surface area contributed by atoms with Gasteiger partial charge < -0.3 is 14.8 Å². The van der Waals surface area contributed by atoms with Gasteiger partial charge >= 0.3 is 0 Å². The molecule has 6 rings (SSSR count). The van der Waals surface area contributed by atoms with E-state index in [1.807, 2.05) is 30.3 Å². The molecule has 4 nitrogen and oxygen atoms in total. The number of nitrogens with one attached hydrogen (secondary N) is 1. The fourth-order valence-corrected chi connectivity index (χ4v) is 4.95. The zero-order valence-electron chi connectivity index (χ0n) is 17.2. The average molecular weight is 409 g/mol. The number of hydrogen-bond acceptors (Lipinski definition) is 4. The second kappa shape index (κ2) is 7.31. The molecule has 0 saturated carbocycles. The third kappa shape index (κ3) is 3.02. The molecule has 3 aromatic carbocycles. The first-order valence-corrected chi connectivity index (χ1v) is 10.9. The maximum Gasteiger partial charge on any atom is 0.169 e. The molecule has 0 radical (unpaired) electrons. The van der Waals surface area contributed by atoms with E-state index in [9.17, 15) is 4.79 Å². The van der Waals surface area contributed by atoms with Crippen molar-refractivity contribution in [3.63, 3.8) is 0 Å². The molecule has 0 saturated heterocycles. The van der Waals surface area contributed by atoms with E-state index >= 15 is 0 Å².